The third-order valence-electron chi connectivity index (χ3n) is 2.62. The number of nitrogens with one attached hydrogen (secondary N) is 1. The molecule has 0 amide bonds. The van der Waals surface area contributed by atoms with Crippen molar-refractivity contribution in [3.8, 4) is 0 Å². The lowest BCUT2D eigenvalue weighted by Gasteiger charge is -2.01. The maximum Gasteiger partial charge on any atom is 0.137 e. The first-order valence-corrected chi connectivity index (χ1v) is 5.44. The van der Waals surface area contributed by atoms with Gasteiger partial charge < -0.3 is 9.73 Å². The Morgan fingerprint density at radius 3 is 3.00 bits per heavy atom. The van der Waals surface area contributed by atoms with Gasteiger partial charge in [0.05, 0.1) is 0 Å². The molecule has 1 aromatic heterocycles. The van der Waals surface area contributed by atoms with Crippen LogP contribution in [0.3, 0.4) is 0 Å². The Labute approximate surface area is 90.3 Å². The zero-order valence-electron chi connectivity index (χ0n) is 9.34. The van der Waals surface area contributed by atoms with Crippen molar-refractivity contribution in [2.45, 2.75) is 19.8 Å². The van der Waals surface area contributed by atoms with E-state index in [0.29, 0.717) is 0 Å². The quantitative estimate of drug-likeness (QED) is 0.773. The summed E-state index contributed by atoms with van der Waals surface area (Å²) in [6.45, 7) is 3.05. The highest BCUT2D eigenvalue weighted by Crippen LogP contribution is 2.23. The first-order valence-electron chi connectivity index (χ1n) is 5.44. The Kier molecular flexibility index (Phi) is 3.07. The van der Waals surface area contributed by atoms with Crippen LogP contribution < -0.4 is 5.32 Å². The molecular formula is C13H17NO. The molecule has 2 aromatic rings. The largest absolute Gasteiger partial charge is 0.461 e. The third kappa shape index (κ3) is 2.21. The Hall–Kier alpha value is -1.28. The molecule has 2 nitrogen and oxygen atoms in total. The minimum absolute atomic E-state index is 0.992. The summed E-state index contributed by atoms with van der Waals surface area (Å²) in [5.41, 5.74) is 2.38. The highest BCUT2D eigenvalue weighted by Gasteiger charge is 2.05. The molecule has 0 saturated carbocycles. The van der Waals surface area contributed by atoms with Crippen LogP contribution in [-0.4, -0.2) is 13.6 Å². The lowest BCUT2D eigenvalue weighted by Crippen LogP contribution is -2.08. The average molecular weight is 203 g/mol. The third-order valence-corrected chi connectivity index (χ3v) is 2.62. The van der Waals surface area contributed by atoms with Gasteiger partial charge in [0.25, 0.3) is 0 Å². The summed E-state index contributed by atoms with van der Waals surface area (Å²) in [6.07, 6.45) is 2.22. The van der Waals surface area contributed by atoms with E-state index in [1.54, 1.807) is 0 Å². The van der Waals surface area contributed by atoms with E-state index in [4.69, 9.17) is 4.42 Å². The highest BCUT2D eigenvalue weighted by molar-refractivity contribution is 5.81. The van der Waals surface area contributed by atoms with Gasteiger partial charge in [0.15, 0.2) is 0 Å². The molecule has 2 heteroatoms. The van der Waals surface area contributed by atoms with Crippen LogP contribution in [0.2, 0.25) is 0 Å². The van der Waals surface area contributed by atoms with Gasteiger partial charge >= 0.3 is 0 Å². The fraction of sp³-hybridized carbons (Fsp3) is 0.385. The molecule has 0 spiro atoms. The maximum atomic E-state index is 5.71. The molecule has 0 aliphatic heterocycles. The smallest absolute Gasteiger partial charge is 0.137 e. The fourth-order valence-corrected chi connectivity index (χ4v) is 1.90. The first-order chi connectivity index (χ1) is 7.31. The molecule has 0 aliphatic rings. The van der Waals surface area contributed by atoms with E-state index in [1.807, 2.05) is 14.0 Å². The normalized spacial score (nSPS) is 11.1. The molecule has 0 atom stereocenters. The van der Waals surface area contributed by atoms with Crippen LogP contribution in [0.1, 0.15) is 17.7 Å². The summed E-state index contributed by atoms with van der Waals surface area (Å²) < 4.78 is 5.71. The molecule has 15 heavy (non-hydrogen) atoms. The number of fused-ring (bicyclic) bond motifs is 1. The van der Waals surface area contributed by atoms with Gasteiger partial charge in [-0.2, -0.15) is 0 Å². The van der Waals surface area contributed by atoms with Gasteiger partial charge in [0.1, 0.15) is 11.3 Å². The van der Waals surface area contributed by atoms with Crippen LogP contribution in [-0.2, 0) is 6.42 Å². The first kappa shape index (κ1) is 10.2. The van der Waals surface area contributed by atoms with Crippen LogP contribution in [0, 0.1) is 6.92 Å². The number of hydrogen-bond donors (Lipinski definition) is 1. The van der Waals surface area contributed by atoms with Gasteiger partial charge in [0.2, 0.25) is 0 Å². The molecule has 0 aliphatic carbocycles. The minimum Gasteiger partial charge on any atom is -0.461 e. The summed E-state index contributed by atoms with van der Waals surface area (Å²) in [7, 11) is 1.98. The average Bonchev–Trinajstić information content (AvgIpc) is 2.59. The van der Waals surface area contributed by atoms with E-state index in [2.05, 4.69) is 29.6 Å². The zero-order chi connectivity index (χ0) is 10.7. The van der Waals surface area contributed by atoms with Crippen molar-refractivity contribution < 1.29 is 4.42 Å². The van der Waals surface area contributed by atoms with Crippen molar-refractivity contribution in [2.75, 3.05) is 13.6 Å². The fourth-order valence-electron chi connectivity index (χ4n) is 1.90. The van der Waals surface area contributed by atoms with E-state index in [1.165, 1.54) is 10.9 Å². The van der Waals surface area contributed by atoms with Crippen molar-refractivity contribution >= 4 is 11.0 Å². The Morgan fingerprint density at radius 1 is 1.33 bits per heavy atom. The predicted molar refractivity (Wildman–Crippen MR) is 63.2 cm³/mol. The molecule has 80 valence electrons. The molecule has 0 bridgehead atoms. The number of hydrogen-bond acceptors (Lipinski definition) is 2. The summed E-state index contributed by atoms with van der Waals surface area (Å²) in [5.74, 6) is 0.992. The van der Waals surface area contributed by atoms with E-state index in [9.17, 15) is 0 Å². The topological polar surface area (TPSA) is 25.2 Å². The Bertz CT molecular complexity index is 445. The van der Waals surface area contributed by atoms with E-state index in [-0.39, 0.29) is 0 Å². The van der Waals surface area contributed by atoms with Crippen LogP contribution in [0.4, 0.5) is 0 Å². The molecule has 2 rings (SSSR count). The summed E-state index contributed by atoms with van der Waals surface area (Å²) in [4.78, 5) is 0. The monoisotopic (exact) mass is 203 g/mol. The Morgan fingerprint density at radius 2 is 2.20 bits per heavy atom. The van der Waals surface area contributed by atoms with Gasteiger partial charge in [-0.3, -0.25) is 0 Å². The molecule has 0 radical (unpaired) electrons. The van der Waals surface area contributed by atoms with E-state index >= 15 is 0 Å². The second-order valence-corrected chi connectivity index (χ2v) is 3.90. The van der Waals surface area contributed by atoms with Crippen LogP contribution >= 0.6 is 0 Å². The molecule has 1 aromatic carbocycles. The van der Waals surface area contributed by atoms with Crippen molar-refractivity contribution in [2.24, 2.45) is 0 Å². The summed E-state index contributed by atoms with van der Waals surface area (Å²) in [5, 5.41) is 4.38. The number of aryl methyl sites for hydroxylation is 2. The highest BCUT2D eigenvalue weighted by atomic mass is 16.3. The lowest BCUT2D eigenvalue weighted by atomic mass is 10.1. The molecule has 0 fully saturated rings. The number of benzene rings is 1. The molecule has 1 heterocycles. The number of para-hydroxylation sites is 1. The van der Waals surface area contributed by atoms with Crippen LogP contribution in [0.5, 0.6) is 0 Å². The second-order valence-electron chi connectivity index (χ2n) is 3.90. The zero-order valence-corrected chi connectivity index (χ0v) is 9.34. The maximum absolute atomic E-state index is 5.71. The van der Waals surface area contributed by atoms with Crippen LogP contribution in [0.25, 0.3) is 11.0 Å². The molecule has 0 unspecified atom stereocenters. The van der Waals surface area contributed by atoms with Crippen LogP contribution in [0.15, 0.2) is 28.7 Å². The van der Waals surface area contributed by atoms with Crippen molar-refractivity contribution in [1.29, 1.82) is 0 Å². The van der Waals surface area contributed by atoms with Gasteiger partial charge in [-0.25, -0.2) is 0 Å². The molecular weight excluding hydrogens is 186 g/mol. The van der Waals surface area contributed by atoms with E-state index < -0.39 is 0 Å². The molecule has 1 N–H and O–H groups in total. The minimum atomic E-state index is 0.992. The van der Waals surface area contributed by atoms with Crippen molar-refractivity contribution in [3.05, 3.63) is 35.6 Å². The summed E-state index contributed by atoms with van der Waals surface area (Å²) >= 11 is 0. The number of rotatable bonds is 4. The Balaban J connectivity index is 2.25. The summed E-state index contributed by atoms with van der Waals surface area (Å²) in [6, 6.07) is 8.46. The second kappa shape index (κ2) is 4.49. The van der Waals surface area contributed by atoms with E-state index in [0.717, 1.165) is 30.7 Å². The van der Waals surface area contributed by atoms with Gasteiger partial charge in [0, 0.05) is 5.39 Å². The van der Waals surface area contributed by atoms with Gasteiger partial charge in [-0.15, -0.1) is 0 Å². The predicted octanol–water partition coefficient (Wildman–Crippen LogP) is 2.89. The van der Waals surface area contributed by atoms with Gasteiger partial charge in [-0.05, 0) is 45.0 Å². The van der Waals surface area contributed by atoms with Gasteiger partial charge in [-0.1, -0.05) is 18.2 Å². The SMILES string of the molecule is CNCCCc1cccc2cc(C)oc12. The van der Waals surface area contributed by atoms with Crippen molar-refractivity contribution in [3.63, 3.8) is 0 Å². The number of furan rings is 1. The van der Waals surface area contributed by atoms with Crippen molar-refractivity contribution in [1.82, 2.24) is 5.32 Å². The lowest BCUT2D eigenvalue weighted by molar-refractivity contribution is 0.573. The molecule has 0 saturated heterocycles. The standard InChI is InChI=1S/C13H17NO/c1-10-9-12-6-3-5-11(13(12)15-10)7-4-8-14-2/h3,5-6,9,14H,4,7-8H2,1-2H3.